The second-order valence-corrected chi connectivity index (χ2v) is 6.08. The number of benzene rings is 1. The molecule has 1 amide bonds. The van der Waals surface area contributed by atoms with Gasteiger partial charge in [-0.05, 0) is 43.6 Å². The standard InChI is InChI=1S/C17H22F4N2O/c18-14-6-4-13(5-7-14)15(23-10-2-1-3-11-23)12-22-16(24)8-9-17(19,20)21/h4-7,15H,1-3,8-12H2,(H,22,24). The highest BCUT2D eigenvalue weighted by atomic mass is 19.4. The van der Waals surface area contributed by atoms with E-state index in [1.165, 1.54) is 12.1 Å². The lowest BCUT2D eigenvalue weighted by molar-refractivity contribution is -0.144. The van der Waals surface area contributed by atoms with Crippen LogP contribution in [0.25, 0.3) is 0 Å². The van der Waals surface area contributed by atoms with Gasteiger partial charge in [-0.15, -0.1) is 0 Å². The zero-order valence-corrected chi connectivity index (χ0v) is 13.4. The molecule has 0 spiro atoms. The van der Waals surface area contributed by atoms with Crippen molar-refractivity contribution in [2.75, 3.05) is 19.6 Å². The first kappa shape index (κ1) is 18.7. The van der Waals surface area contributed by atoms with E-state index in [1.54, 1.807) is 12.1 Å². The van der Waals surface area contributed by atoms with Crippen molar-refractivity contribution in [3.63, 3.8) is 0 Å². The van der Waals surface area contributed by atoms with E-state index in [4.69, 9.17) is 0 Å². The monoisotopic (exact) mass is 346 g/mol. The predicted octanol–water partition coefficient (Wildman–Crippen LogP) is 3.81. The number of rotatable bonds is 6. The molecule has 0 bridgehead atoms. The van der Waals surface area contributed by atoms with E-state index in [9.17, 15) is 22.4 Å². The zero-order chi connectivity index (χ0) is 17.6. The number of amides is 1. The van der Waals surface area contributed by atoms with Crippen LogP contribution in [0.4, 0.5) is 17.6 Å². The molecule has 134 valence electrons. The summed E-state index contributed by atoms with van der Waals surface area (Å²) in [6.07, 6.45) is -2.80. The Hall–Kier alpha value is -1.63. The minimum absolute atomic E-state index is 0.152. The number of halogens is 4. The molecular weight excluding hydrogens is 324 g/mol. The van der Waals surface area contributed by atoms with E-state index in [0.29, 0.717) is 0 Å². The fourth-order valence-electron chi connectivity index (χ4n) is 2.93. The highest BCUT2D eigenvalue weighted by molar-refractivity contribution is 5.75. The molecule has 0 aromatic heterocycles. The Balaban J connectivity index is 1.98. The van der Waals surface area contributed by atoms with Crippen molar-refractivity contribution < 1.29 is 22.4 Å². The number of alkyl halides is 3. The van der Waals surface area contributed by atoms with Crippen molar-refractivity contribution in [2.45, 2.75) is 44.3 Å². The third-order valence-corrected chi connectivity index (χ3v) is 4.21. The van der Waals surface area contributed by atoms with Crippen LogP contribution in [0.1, 0.15) is 43.7 Å². The molecule has 1 aliphatic heterocycles. The first-order valence-electron chi connectivity index (χ1n) is 8.18. The van der Waals surface area contributed by atoms with Gasteiger partial charge in [0, 0.05) is 13.0 Å². The minimum atomic E-state index is -4.33. The quantitative estimate of drug-likeness (QED) is 0.795. The van der Waals surface area contributed by atoms with Crippen LogP contribution in [0.3, 0.4) is 0 Å². The molecule has 0 radical (unpaired) electrons. The highest BCUT2D eigenvalue weighted by Crippen LogP contribution is 2.25. The first-order valence-corrected chi connectivity index (χ1v) is 8.18. The summed E-state index contributed by atoms with van der Waals surface area (Å²) in [4.78, 5) is 13.9. The molecule has 1 atom stereocenters. The van der Waals surface area contributed by atoms with E-state index in [2.05, 4.69) is 10.2 Å². The molecule has 1 aliphatic rings. The van der Waals surface area contributed by atoms with Crippen molar-refractivity contribution in [2.24, 2.45) is 0 Å². The average Bonchev–Trinajstić information content (AvgIpc) is 2.55. The van der Waals surface area contributed by atoms with Crippen LogP contribution in [0, 0.1) is 5.82 Å². The Morgan fingerprint density at radius 2 is 1.75 bits per heavy atom. The Kier molecular flexibility index (Phi) is 6.60. The number of carbonyl (C=O) groups is 1. The molecular formula is C17H22F4N2O. The number of nitrogens with zero attached hydrogens (tertiary/aromatic N) is 1. The first-order chi connectivity index (χ1) is 11.3. The van der Waals surface area contributed by atoms with Crippen molar-refractivity contribution in [1.29, 1.82) is 0 Å². The Morgan fingerprint density at radius 1 is 1.12 bits per heavy atom. The van der Waals surface area contributed by atoms with Gasteiger partial charge in [-0.3, -0.25) is 9.69 Å². The number of carbonyl (C=O) groups excluding carboxylic acids is 1. The number of nitrogens with one attached hydrogen (secondary N) is 1. The fraction of sp³-hybridized carbons (Fsp3) is 0.588. The van der Waals surface area contributed by atoms with E-state index in [-0.39, 0.29) is 18.4 Å². The lowest BCUT2D eigenvalue weighted by Gasteiger charge is -2.35. The van der Waals surface area contributed by atoms with Gasteiger partial charge in [0.15, 0.2) is 0 Å². The van der Waals surface area contributed by atoms with Gasteiger partial charge in [0.25, 0.3) is 0 Å². The van der Waals surface area contributed by atoms with Gasteiger partial charge < -0.3 is 5.32 Å². The smallest absolute Gasteiger partial charge is 0.354 e. The SMILES string of the molecule is O=C(CCC(F)(F)F)NCC(c1ccc(F)cc1)N1CCCCC1. The van der Waals surface area contributed by atoms with Gasteiger partial charge in [0.2, 0.25) is 5.91 Å². The van der Waals surface area contributed by atoms with E-state index in [1.807, 2.05) is 0 Å². The van der Waals surface area contributed by atoms with Crippen LogP contribution in [-0.2, 0) is 4.79 Å². The number of hydrogen-bond donors (Lipinski definition) is 1. The maximum atomic E-state index is 13.1. The average molecular weight is 346 g/mol. The van der Waals surface area contributed by atoms with Gasteiger partial charge in [-0.2, -0.15) is 13.2 Å². The summed E-state index contributed by atoms with van der Waals surface area (Å²) in [6.45, 7) is 1.95. The van der Waals surface area contributed by atoms with Crippen molar-refractivity contribution in [3.8, 4) is 0 Å². The molecule has 3 nitrogen and oxygen atoms in total. The van der Waals surface area contributed by atoms with Crippen molar-refractivity contribution in [3.05, 3.63) is 35.6 Å². The van der Waals surface area contributed by atoms with Gasteiger partial charge in [0.1, 0.15) is 5.82 Å². The van der Waals surface area contributed by atoms with E-state index in [0.717, 1.165) is 37.9 Å². The molecule has 0 saturated carbocycles. The highest BCUT2D eigenvalue weighted by Gasteiger charge is 2.28. The molecule has 1 heterocycles. The molecule has 0 aliphatic carbocycles. The van der Waals surface area contributed by atoms with Gasteiger partial charge >= 0.3 is 6.18 Å². The predicted molar refractivity (Wildman–Crippen MR) is 82.9 cm³/mol. The van der Waals surface area contributed by atoms with Crippen LogP contribution >= 0.6 is 0 Å². The topological polar surface area (TPSA) is 32.3 Å². The molecule has 1 aromatic carbocycles. The molecule has 1 N–H and O–H groups in total. The van der Waals surface area contributed by atoms with Gasteiger partial charge in [-0.1, -0.05) is 18.6 Å². The third kappa shape index (κ3) is 6.11. The zero-order valence-electron chi connectivity index (χ0n) is 13.4. The lowest BCUT2D eigenvalue weighted by Crippen LogP contribution is -2.40. The second-order valence-electron chi connectivity index (χ2n) is 6.08. The molecule has 7 heteroatoms. The fourth-order valence-corrected chi connectivity index (χ4v) is 2.93. The summed E-state index contributed by atoms with van der Waals surface area (Å²) < 4.78 is 49.7. The molecule has 1 saturated heterocycles. The minimum Gasteiger partial charge on any atom is -0.354 e. The molecule has 1 unspecified atom stereocenters. The summed E-state index contributed by atoms with van der Waals surface area (Å²) in [5.41, 5.74) is 0.856. The van der Waals surface area contributed by atoms with Crippen LogP contribution in [0.2, 0.25) is 0 Å². The lowest BCUT2D eigenvalue weighted by atomic mass is 10.0. The summed E-state index contributed by atoms with van der Waals surface area (Å²) in [6, 6.07) is 5.89. The molecule has 1 aromatic rings. The Morgan fingerprint density at radius 3 is 2.33 bits per heavy atom. The van der Waals surface area contributed by atoms with E-state index >= 15 is 0 Å². The number of piperidine rings is 1. The van der Waals surface area contributed by atoms with Crippen LogP contribution in [-0.4, -0.2) is 36.6 Å². The summed E-state index contributed by atoms with van der Waals surface area (Å²) >= 11 is 0. The summed E-state index contributed by atoms with van der Waals surface area (Å²) in [7, 11) is 0. The number of hydrogen-bond acceptors (Lipinski definition) is 2. The largest absolute Gasteiger partial charge is 0.389 e. The van der Waals surface area contributed by atoms with Crippen LogP contribution < -0.4 is 5.32 Å². The third-order valence-electron chi connectivity index (χ3n) is 4.21. The van der Waals surface area contributed by atoms with Crippen LogP contribution in [0.15, 0.2) is 24.3 Å². The number of likely N-dealkylation sites (tertiary alicyclic amines) is 1. The normalized spacial score (nSPS) is 17.5. The van der Waals surface area contributed by atoms with Gasteiger partial charge in [-0.25, -0.2) is 4.39 Å². The summed E-state index contributed by atoms with van der Waals surface area (Å²) in [5, 5.41) is 2.59. The maximum absolute atomic E-state index is 13.1. The van der Waals surface area contributed by atoms with Crippen molar-refractivity contribution >= 4 is 5.91 Å². The second kappa shape index (κ2) is 8.46. The molecule has 2 rings (SSSR count). The van der Waals surface area contributed by atoms with Crippen molar-refractivity contribution in [1.82, 2.24) is 10.2 Å². The molecule has 1 fully saturated rings. The molecule has 24 heavy (non-hydrogen) atoms. The van der Waals surface area contributed by atoms with Gasteiger partial charge in [0.05, 0.1) is 12.5 Å². The Bertz CT molecular complexity index is 524. The van der Waals surface area contributed by atoms with E-state index < -0.39 is 24.9 Å². The Labute approximate surface area is 139 Å². The summed E-state index contributed by atoms with van der Waals surface area (Å²) in [5.74, 6) is -0.957. The van der Waals surface area contributed by atoms with Crippen LogP contribution in [0.5, 0.6) is 0 Å². The maximum Gasteiger partial charge on any atom is 0.389 e.